The average Bonchev–Trinajstić information content (AvgIpc) is 2.16. The van der Waals surface area contributed by atoms with Gasteiger partial charge in [-0.15, -0.1) is 11.8 Å². The zero-order chi connectivity index (χ0) is 10.2. The Kier molecular flexibility index (Phi) is 5.76. The highest BCUT2D eigenvalue weighted by Gasteiger charge is 2.09. The summed E-state index contributed by atoms with van der Waals surface area (Å²) in [5, 5.41) is 4.67. The van der Waals surface area contributed by atoms with Crippen molar-refractivity contribution in [2.75, 3.05) is 18.8 Å². The molecule has 0 bridgehead atoms. The Hall–Kier alpha value is -0.440. The summed E-state index contributed by atoms with van der Waals surface area (Å²) in [7, 11) is 0. The Morgan fingerprint density at radius 1 is 1.43 bits per heavy atom. The number of nitrogens with zero attached hydrogens (tertiary/aromatic N) is 1. The van der Waals surface area contributed by atoms with E-state index in [9.17, 15) is 0 Å². The lowest BCUT2D eigenvalue weighted by molar-refractivity contribution is 0.724. The first-order valence-corrected chi connectivity index (χ1v) is 6.48. The third-order valence-corrected chi connectivity index (χ3v) is 3.18. The van der Waals surface area contributed by atoms with Crippen LogP contribution in [0.4, 0.5) is 0 Å². The highest BCUT2D eigenvalue weighted by molar-refractivity contribution is 8.14. The number of thioether (sulfide) groups is 1. The molecule has 80 valence electrons. The fraction of sp³-hybridized carbons (Fsp3) is 0.727. The fourth-order valence-corrected chi connectivity index (χ4v) is 2.48. The molecular formula is C11H20N2S. The van der Waals surface area contributed by atoms with Gasteiger partial charge in [0.1, 0.15) is 5.04 Å². The van der Waals surface area contributed by atoms with Gasteiger partial charge in [0.05, 0.1) is 5.70 Å². The molecule has 1 aliphatic rings. The predicted molar refractivity (Wildman–Crippen MR) is 66.0 cm³/mol. The van der Waals surface area contributed by atoms with Crippen LogP contribution in [0.3, 0.4) is 0 Å². The van der Waals surface area contributed by atoms with E-state index in [-0.39, 0.29) is 0 Å². The SMILES string of the molecule is CCC=C1NCCCCS/C1=N/CC. The van der Waals surface area contributed by atoms with Gasteiger partial charge in [0.25, 0.3) is 0 Å². The van der Waals surface area contributed by atoms with Gasteiger partial charge in [0, 0.05) is 13.1 Å². The van der Waals surface area contributed by atoms with E-state index in [4.69, 9.17) is 0 Å². The first-order chi connectivity index (χ1) is 6.88. The second kappa shape index (κ2) is 6.93. The van der Waals surface area contributed by atoms with Gasteiger partial charge in [0.2, 0.25) is 0 Å². The van der Waals surface area contributed by atoms with E-state index in [1.807, 2.05) is 11.8 Å². The molecule has 0 saturated carbocycles. The van der Waals surface area contributed by atoms with E-state index in [1.54, 1.807) is 0 Å². The number of hydrogen-bond acceptors (Lipinski definition) is 3. The quantitative estimate of drug-likeness (QED) is 0.761. The standard InChI is InChI=1S/C11H20N2S/c1-3-7-10-11(12-4-2)14-9-6-5-8-13-10/h7,13H,3-6,8-9H2,1-2H3/b10-7?,12-11+. The number of allylic oxidation sites excluding steroid dienone is 1. The first-order valence-electron chi connectivity index (χ1n) is 5.50. The minimum atomic E-state index is 0.880. The summed E-state index contributed by atoms with van der Waals surface area (Å²) in [5.74, 6) is 1.21. The summed E-state index contributed by atoms with van der Waals surface area (Å²) < 4.78 is 0. The molecule has 0 aliphatic carbocycles. The Morgan fingerprint density at radius 3 is 3.00 bits per heavy atom. The van der Waals surface area contributed by atoms with Crippen LogP contribution in [0.2, 0.25) is 0 Å². The molecule has 1 fully saturated rings. The van der Waals surface area contributed by atoms with Gasteiger partial charge in [-0.05, 0) is 31.9 Å². The molecule has 1 aliphatic heterocycles. The van der Waals surface area contributed by atoms with E-state index in [0.29, 0.717) is 0 Å². The molecular weight excluding hydrogens is 192 g/mol. The normalized spacial score (nSPS) is 24.4. The van der Waals surface area contributed by atoms with E-state index in [2.05, 4.69) is 30.2 Å². The number of nitrogens with one attached hydrogen (secondary N) is 1. The maximum Gasteiger partial charge on any atom is 0.113 e. The zero-order valence-electron chi connectivity index (χ0n) is 9.18. The second-order valence-corrected chi connectivity index (χ2v) is 4.37. The Labute approximate surface area is 91.3 Å². The van der Waals surface area contributed by atoms with Crippen LogP contribution in [0.15, 0.2) is 16.8 Å². The first kappa shape index (κ1) is 11.6. The number of hydrogen-bond donors (Lipinski definition) is 1. The van der Waals surface area contributed by atoms with Gasteiger partial charge in [-0.3, -0.25) is 4.99 Å². The van der Waals surface area contributed by atoms with Crippen LogP contribution in [0, 0.1) is 0 Å². The molecule has 0 aromatic heterocycles. The lowest BCUT2D eigenvalue weighted by atomic mass is 10.3. The number of aliphatic imine (C=N–C) groups is 1. The molecule has 0 amide bonds. The predicted octanol–water partition coefficient (Wildman–Crippen LogP) is 2.82. The van der Waals surface area contributed by atoms with Crippen molar-refractivity contribution in [1.82, 2.24) is 5.32 Å². The summed E-state index contributed by atoms with van der Waals surface area (Å²) in [6.45, 7) is 6.23. The fourth-order valence-electron chi connectivity index (χ4n) is 1.41. The minimum Gasteiger partial charge on any atom is -0.383 e. The van der Waals surface area contributed by atoms with Gasteiger partial charge in [-0.1, -0.05) is 13.0 Å². The summed E-state index contributed by atoms with van der Waals surface area (Å²) in [6.07, 6.45) is 5.88. The van der Waals surface area contributed by atoms with Crippen molar-refractivity contribution < 1.29 is 0 Å². The van der Waals surface area contributed by atoms with E-state index in [1.165, 1.54) is 29.3 Å². The molecule has 0 atom stereocenters. The van der Waals surface area contributed by atoms with Gasteiger partial charge < -0.3 is 5.32 Å². The highest BCUT2D eigenvalue weighted by atomic mass is 32.2. The maximum absolute atomic E-state index is 4.53. The van der Waals surface area contributed by atoms with Crippen LogP contribution >= 0.6 is 11.8 Å². The molecule has 0 radical (unpaired) electrons. The lowest BCUT2D eigenvalue weighted by Gasteiger charge is -2.16. The van der Waals surface area contributed by atoms with Crippen LogP contribution in [0.25, 0.3) is 0 Å². The topological polar surface area (TPSA) is 24.4 Å². The lowest BCUT2D eigenvalue weighted by Crippen LogP contribution is -2.22. The average molecular weight is 212 g/mol. The maximum atomic E-state index is 4.53. The third kappa shape index (κ3) is 3.74. The van der Waals surface area contributed by atoms with Crippen molar-refractivity contribution in [1.29, 1.82) is 0 Å². The van der Waals surface area contributed by atoms with E-state index >= 15 is 0 Å². The van der Waals surface area contributed by atoms with Crippen molar-refractivity contribution in [2.24, 2.45) is 4.99 Å². The number of rotatable bonds is 2. The molecule has 2 nitrogen and oxygen atoms in total. The smallest absolute Gasteiger partial charge is 0.113 e. The summed E-state index contributed by atoms with van der Waals surface area (Å²) in [4.78, 5) is 4.53. The summed E-state index contributed by atoms with van der Waals surface area (Å²) in [6, 6.07) is 0. The summed E-state index contributed by atoms with van der Waals surface area (Å²) in [5.41, 5.74) is 1.25. The van der Waals surface area contributed by atoms with Gasteiger partial charge in [-0.2, -0.15) is 0 Å². The summed E-state index contributed by atoms with van der Waals surface area (Å²) >= 11 is 1.89. The minimum absolute atomic E-state index is 0.880. The zero-order valence-corrected chi connectivity index (χ0v) is 9.99. The van der Waals surface area contributed by atoms with Gasteiger partial charge in [0.15, 0.2) is 0 Å². The monoisotopic (exact) mass is 212 g/mol. The van der Waals surface area contributed by atoms with Crippen molar-refractivity contribution in [3.63, 3.8) is 0 Å². The van der Waals surface area contributed by atoms with Gasteiger partial charge in [-0.25, -0.2) is 0 Å². The second-order valence-electron chi connectivity index (χ2n) is 3.29. The van der Waals surface area contributed by atoms with Crippen LogP contribution in [0.5, 0.6) is 0 Å². The van der Waals surface area contributed by atoms with Crippen molar-refractivity contribution in [3.05, 3.63) is 11.8 Å². The molecule has 1 N–H and O–H groups in total. The van der Waals surface area contributed by atoms with Crippen LogP contribution < -0.4 is 5.32 Å². The van der Waals surface area contributed by atoms with Gasteiger partial charge >= 0.3 is 0 Å². The molecule has 14 heavy (non-hydrogen) atoms. The van der Waals surface area contributed by atoms with Crippen LogP contribution in [-0.4, -0.2) is 23.9 Å². The van der Waals surface area contributed by atoms with Crippen molar-refractivity contribution in [3.8, 4) is 0 Å². The Morgan fingerprint density at radius 2 is 2.29 bits per heavy atom. The van der Waals surface area contributed by atoms with Crippen LogP contribution in [-0.2, 0) is 0 Å². The molecule has 0 unspecified atom stereocenters. The molecule has 1 rings (SSSR count). The van der Waals surface area contributed by atoms with E-state index < -0.39 is 0 Å². The van der Waals surface area contributed by atoms with Crippen molar-refractivity contribution in [2.45, 2.75) is 33.1 Å². The molecule has 0 aromatic carbocycles. The van der Waals surface area contributed by atoms with E-state index in [0.717, 1.165) is 19.5 Å². The third-order valence-electron chi connectivity index (χ3n) is 2.07. The largest absolute Gasteiger partial charge is 0.383 e. The molecule has 1 heterocycles. The Bertz CT molecular complexity index is 197. The van der Waals surface area contributed by atoms with Crippen LogP contribution in [0.1, 0.15) is 33.1 Å². The highest BCUT2D eigenvalue weighted by Crippen LogP contribution is 2.16. The van der Waals surface area contributed by atoms with Crippen molar-refractivity contribution >= 4 is 16.8 Å². The molecule has 0 spiro atoms. The molecule has 0 aromatic rings. The molecule has 3 heteroatoms. The molecule has 1 saturated heterocycles. The Balaban J connectivity index is 2.71.